The zero-order chi connectivity index (χ0) is 23.7. The second-order valence-corrected chi connectivity index (χ2v) is 8.24. The molecule has 0 aliphatic heterocycles. The average molecular weight is 465 g/mol. The van der Waals surface area contributed by atoms with E-state index in [4.69, 9.17) is 4.74 Å². The molecule has 0 saturated heterocycles. The van der Waals surface area contributed by atoms with Crippen LogP contribution in [-0.2, 0) is 19.6 Å². The van der Waals surface area contributed by atoms with E-state index >= 15 is 0 Å². The second kappa shape index (κ2) is 11.1. The maximum absolute atomic E-state index is 12.7. The van der Waals surface area contributed by atoms with Gasteiger partial charge in [-0.25, -0.2) is 8.42 Å². The largest absolute Gasteiger partial charge is 0.495 e. The van der Waals surface area contributed by atoms with Crippen molar-refractivity contribution in [1.29, 1.82) is 0 Å². The first-order valence-corrected chi connectivity index (χ1v) is 11.0. The van der Waals surface area contributed by atoms with Crippen molar-refractivity contribution < 1.29 is 32.4 Å². The lowest BCUT2D eigenvalue weighted by Gasteiger charge is -2.12. The van der Waals surface area contributed by atoms with Crippen molar-refractivity contribution in [3.05, 3.63) is 58.1 Å². The fraction of sp³-hybridized carbons (Fsp3) is 0.300. The molecule has 0 unspecified atom stereocenters. The number of hydrogen-bond donors (Lipinski definition) is 2. The van der Waals surface area contributed by atoms with Gasteiger partial charge in [-0.05, 0) is 43.2 Å². The molecular formula is C20H23N3O8S. The standard InChI is InChI=1S/C20H23N3O8S/c1-30-18-11-8-15(23(26)27)13-17(18)22-32(28,29)16-9-6-14(7-10-16)20(25)21-12-4-3-5-19(24)31-2/h6-11,13,22H,3-5,12H2,1-2H3,(H,21,25). The number of unbranched alkanes of at least 4 members (excludes halogenated alkanes) is 1. The molecular weight excluding hydrogens is 442 g/mol. The maximum Gasteiger partial charge on any atom is 0.305 e. The predicted molar refractivity (Wildman–Crippen MR) is 115 cm³/mol. The number of nitro groups is 1. The molecule has 0 bridgehead atoms. The Bertz CT molecular complexity index is 1080. The number of sulfonamides is 1. The number of ether oxygens (including phenoxy) is 2. The third-order valence-corrected chi connectivity index (χ3v) is 5.77. The highest BCUT2D eigenvalue weighted by molar-refractivity contribution is 7.92. The number of esters is 1. The van der Waals surface area contributed by atoms with Gasteiger partial charge in [-0.2, -0.15) is 0 Å². The third-order valence-electron chi connectivity index (χ3n) is 4.39. The number of amides is 1. The van der Waals surface area contributed by atoms with Crippen LogP contribution in [0.3, 0.4) is 0 Å². The van der Waals surface area contributed by atoms with Crippen LogP contribution in [0.25, 0.3) is 0 Å². The number of nitrogens with zero attached hydrogens (tertiary/aromatic N) is 1. The first kappa shape index (κ1) is 24.6. The summed E-state index contributed by atoms with van der Waals surface area (Å²) in [4.78, 5) is 33.4. The molecule has 0 atom stereocenters. The Morgan fingerprint density at radius 3 is 2.34 bits per heavy atom. The van der Waals surface area contributed by atoms with Gasteiger partial charge in [0.1, 0.15) is 5.75 Å². The Kier molecular flexibility index (Phi) is 8.53. The molecule has 0 spiro atoms. The second-order valence-electron chi connectivity index (χ2n) is 6.56. The maximum atomic E-state index is 12.7. The van der Waals surface area contributed by atoms with Gasteiger partial charge in [0, 0.05) is 30.7 Å². The number of nitro benzene ring substituents is 1. The zero-order valence-electron chi connectivity index (χ0n) is 17.5. The molecule has 11 nitrogen and oxygen atoms in total. The Hall–Kier alpha value is -3.67. The highest BCUT2D eigenvalue weighted by Gasteiger charge is 2.19. The lowest BCUT2D eigenvalue weighted by molar-refractivity contribution is -0.384. The van der Waals surface area contributed by atoms with E-state index in [0.717, 1.165) is 6.07 Å². The van der Waals surface area contributed by atoms with Crippen LogP contribution in [0.1, 0.15) is 29.6 Å². The van der Waals surface area contributed by atoms with Crippen molar-refractivity contribution >= 4 is 33.3 Å². The highest BCUT2D eigenvalue weighted by Crippen LogP contribution is 2.30. The van der Waals surface area contributed by atoms with Gasteiger partial charge in [0.05, 0.1) is 29.7 Å². The van der Waals surface area contributed by atoms with Crippen molar-refractivity contribution in [2.45, 2.75) is 24.2 Å². The summed E-state index contributed by atoms with van der Waals surface area (Å²) < 4.78 is 37.2. The van der Waals surface area contributed by atoms with Gasteiger partial charge in [-0.15, -0.1) is 0 Å². The average Bonchev–Trinajstić information content (AvgIpc) is 2.78. The summed E-state index contributed by atoms with van der Waals surface area (Å²) in [5, 5.41) is 13.7. The molecule has 0 aromatic heterocycles. The Morgan fingerprint density at radius 1 is 1.06 bits per heavy atom. The van der Waals surface area contributed by atoms with E-state index in [2.05, 4.69) is 14.8 Å². The minimum atomic E-state index is -4.09. The number of nitrogens with one attached hydrogen (secondary N) is 2. The van der Waals surface area contributed by atoms with E-state index in [0.29, 0.717) is 19.4 Å². The SMILES string of the molecule is COC(=O)CCCCNC(=O)c1ccc(S(=O)(=O)Nc2cc([N+](=O)[O-])ccc2OC)cc1. The first-order valence-electron chi connectivity index (χ1n) is 9.48. The van der Waals surface area contributed by atoms with Crippen molar-refractivity contribution in [3.63, 3.8) is 0 Å². The zero-order valence-corrected chi connectivity index (χ0v) is 18.3. The molecule has 0 heterocycles. The van der Waals surface area contributed by atoms with Crippen LogP contribution in [0, 0.1) is 10.1 Å². The van der Waals surface area contributed by atoms with E-state index in [1.54, 1.807) is 0 Å². The molecule has 172 valence electrons. The van der Waals surface area contributed by atoms with Crippen LogP contribution in [0.2, 0.25) is 0 Å². The number of anilines is 1. The van der Waals surface area contributed by atoms with Gasteiger partial charge in [-0.3, -0.25) is 24.4 Å². The van der Waals surface area contributed by atoms with Crippen molar-refractivity contribution in [3.8, 4) is 5.75 Å². The van der Waals surface area contributed by atoms with E-state index in [-0.39, 0.29) is 45.9 Å². The van der Waals surface area contributed by atoms with Crippen LogP contribution in [0.15, 0.2) is 47.4 Å². The summed E-state index contributed by atoms with van der Waals surface area (Å²) in [6, 6.07) is 8.73. The number of hydrogen-bond acceptors (Lipinski definition) is 8. The minimum Gasteiger partial charge on any atom is -0.495 e. The molecule has 2 aromatic carbocycles. The lowest BCUT2D eigenvalue weighted by Crippen LogP contribution is -2.24. The fourth-order valence-corrected chi connectivity index (χ4v) is 3.74. The Balaban J connectivity index is 2.04. The van der Waals surface area contributed by atoms with Crippen LogP contribution >= 0.6 is 0 Å². The van der Waals surface area contributed by atoms with Crippen molar-refractivity contribution in [1.82, 2.24) is 5.32 Å². The summed E-state index contributed by atoms with van der Waals surface area (Å²) in [7, 11) is -1.48. The molecule has 0 radical (unpaired) electrons. The van der Waals surface area contributed by atoms with Gasteiger partial charge in [-0.1, -0.05) is 0 Å². The number of carbonyl (C=O) groups excluding carboxylic acids is 2. The molecule has 0 fully saturated rings. The molecule has 12 heteroatoms. The van der Waals surface area contributed by atoms with Crippen LogP contribution in [0.4, 0.5) is 11.4 Å². The molecule has 0 aliphatic carbocycles. The molecule has 1 amide bonds. The van der Waals surface area contributed by atoms with Gasteiger partial charge in [0.15, 0.2) is 0 Å². The molecule has 2 aromatic rings. The number of non-ortho nitro benzene ring substituents is 1. The predicted octanol–water partition coefficient (Wildman–Crippen LogP) is 2.48. The first-order chi connectivity index (χ1) is 15.2. The Morgan fingerprint density at radius 2 is 1.75 bits per heavy atom. The lowest BCUT2D eigenvalue weighted by atomic mass is 10.2. The van der Waals surface area contributed by atoms with Gasteiger partial charge in [0.2, 0.25) is 0 Å². The van der Waals surface area contributed by atoms with E-state index < -0.39 is 14.9 Å². The molecule has 0 saturated carbocycles. The quantitative estimate of drug-likeness (QED) is 0.222. The number of benzene rings is 2. The number of carbonyl (C=O) groups is 2. The third kappa shape index (κ3) is 6.67. The minimum absolute atomic E-state index is 0.0875. The monoisotopic (exact) mass is 465 g/mol. The van der Waals surface area contributed by atoms with E-state index in [1.807, 2.05) is 0 Å². The van der Waals surface area contributed by atoms with Crippen molar-refractivity contribution in [2.75, 3.05) is 25.5 Å². The Labute approximate surface area is 184 Å². The highest BCUT2D eigenvalue weighted by atomic mass is 32.2. The summed E-state index contributed by atoms with van der Waals surface area (Å²) in [5.74, 6) is -0.591. The van der Waals surface area contributed by atoms with Crippen LogP contribution in [0.5, 0.6) is 5.75 Å². The summed E-state index contributed by atoms with van der Waals surface area (Å²) in [6.45, 7) is 0.351. The van der Waals surface area contributed by atoms with Crippen LogP contribution < -0.4 is 14.8 Å². The molecule has 0 aliphatic rings. The topological polar surface area (TPSA) is 154 Å². The fourth-order valence-electron chi connectivity index (χ4n) is 2.68. The van der Waals surface area contributed by atoms with Crippen molar-refractivity contribution in [2.24, 2.45) is 0 Å². The van der Waals surface area contributed by atoms with Gasteiger partial charge < -0.3 is 14.8 Å². The van der Waals surface area contributed by atoms with Gasteiger partial charge >= 0.3 is 5.97 Å². The van der Waals surface area contributed by atoms with E-state index in [1.165, 1.54) is 50.6 Å². The van der Waals surface area contributed by atoms with Gasteiger partial charge in [0.25, 0.3) is 21.6 Å². The summed E-state index contributed by atoms with van der Waals surface area (Å²) in [6.07, 6.45) is 1.42. The van der Waals surface area contributed by atoms with Crippen LogP contribution in [-0.4, -0.2) is 46.0 Å². The molecule has 2 N–H and O–H groups in total. The number of methoxy groups -OCH3 is 2. The number of rotatable bonds is 11. The summed E-state index contributed by atoms with van der Waals surface area (Å²) in [5.41, 5.74) is -0.137. The normalized spacial score (nSPS) is 10.8. The summed E-state index contributed by atoms with van der Waals surface area (Å²) >= 11 is 0. The molecule has 2 rings (SSSR count). The molecule has 32 heavy (non-hydrogen) atoms. The van der Waals surface area contributed by atoms with E-state index in [9.17, 15) is 28.1 Å². The smallest absolute Gasteiger partial charge is 0.305 e.